The third-order valence-corrected chi connectivity index (χ3v) is 6.65. The van der Waals surface area contributed by atoms with E-state index in [2.05, 4.69) is 20.7 Å². The third-order valence-electron chi connectivity index (χ3n) is 4.53. The number of Topliss-reactive ketones (excluding diaryl/α,β-unsaturated/α-hetero) is 1. The number of anilines is 1. The first-order chi connectivity index (χ1) is 10.4. The molecule has 0 amide bonds. The molecule has 1 fully saturated rings. The zero-order valence-corrected chi connectivity index (χ0v) is 14.7. The SMILES string of the molecule is CCS(=O)(=O)Nc1ccc(C2=C(Br)C(=O)C3CCCC23)cc1. The Kier molecular flexibility index (Phi) is 4.16. The van der Waals surface area contributed by atoms with Gasteiger partial charge in [-0.2, -0.15) is 0 Å². The number of rotatable bonds is 4. The summed E-state index contributed by atoms with van der Waals surface area (Å²) >= 11 is 3.46. The van der Waals surface area contributed by atoms with Crippen LogP contribution in [0.15, 0.2) is 28.7 Å². The molecule has 2 unspecified atom stereocenters. The van der Waals surface area contributed by atoms with E-state index in [1.165, 1.54) is 0 Å². The lowest BCUT2D eigenvalue weighted by Gasteiger charge is -2.14. The number of fused-ring (bicyclic) bond motifs is 1. The van der Waals surface area contributed by atoms with E-state index in [-0.39, 0.29) is 17.5 Å². The molecule has 118 valence electrons. The van der Waals surface area contributed by atoms with Crippen LogP contribution >= 0.6 is 15.9 Å². The van der Waals surface area contributed by atoms with Crippen molar-refractivity contribution in [2.24, 2.45) is 11.8 Å². The van der Waals surface area contributed by atoms with E-state index in [1.807, 2.05) is 12.1 Å². The number of allylic oxidation sites excluding steroid dienone is 2. The van der Waals surface area contributed by atoms with Crippen molar-refractivity contribution < 1.29 is 13.2 Å². The van der Waals surface area contributed by atoms with Crippen LogP contribution in [-0.4, -0.2) is 20.0 Å². The Balaban J connectivity index is 1.89. The van der Waals surface area contributed by atoms with Gasteiger partial charge in [0.25, 0.3) is 0 Å². The summed E-state index contributed by atoms with van der Waals surface area (Å²) in [5.41, 5.74) is 2.63. The highest BCUT2D eigenvalue weighted by Gasteiger charge is 2.43. The Morgan fingerprint density at radius 1 is 1.18 bits per heavy atom. The number of nitrogens with one attached hydrogen (secondary N) is 1. The average molecular weight is 384 g/mol. The lowest BCUT2D eigenvalue weighted by molar-refractivity contribution is -0.118. The highest BCUT2D eigenvalue weighted by Crippen LogP contribution is 2.51. The number of carbonyl (C=O) groups is 1. The van der Waals surface area contributed by atoms with Gasteiger partial charge in [0.05, 0.1) is 10.2 Å². The van der Waals surface area contributed by atoms with Crippen LogP contribution in [0.3, 0.4) is 0 Å². The Bertz CT molecular complexity index is 737. The van der Waals surface area contributed by atoms with Gasteiger partial charge in [0.15, 0.2) is 5.78 Å². The fourth-order valence-corrected chi connectivity index (χ4v) is 4.84. The largest absolute Gasteiger partial charge is 0.293 e. The molecule has 0 radical (unpaired) electrons. The number of sulfonamides is 1. The second kappa shape index (κ2) is 5.81. The van der Waals surface area contributed by atoms with Gasteiger partial charge in [-0.3, -0.25) is 9.52 Å². The van der Waals surface area contributed by atoms with Gasteiger partial charge in [0, 0.05) is 11.6 Å². The number of hydrogen-bond acceptors (Lipinski definition) is 3. The molecule has 0 saturated heterocycles. The molecule has 6 heteroatoms. The summed E-state index contributed by atoms with van der Waals surface area (Å²) < 4.78 is 26.4. The minimum absolute atomic E-state index is 0.0453. The number of ketones is 1. The molecule has 0 aliphatic heterocycles. The smallest absolute Gasteiger partial charge is 0.232 e. The molecule has 4 nitrogen and oxygen atoms in total. The summed E-state index contributed by atoms with van der Waals surface area (Å²) in [5.74, 6) is 0.694. The van der Waals surface area contributed by atoms with Crippen LogP contribution in [-0.2, 0) is 14.8 Å². The Labute approximate surface area is 139 Å². The van der Waals surface area contributed by atoms with Crippen LogP contribution in [0.5, 0.6) is 0 Å². The first-order valence-electron chi connectivity index (χ1n) is 7.47. The van der Waals surface area contributed by atoms with Crippen LogP contribution in [0, 0.1) is 11.8 Å². The maximum Gasteiger partial charge on any atom is 0.232 e. The zero-order chi connectivity index (χ0) is 15.9. The Morgan fingerprint density at radius 2 is 1.82 bits per heavy atom. The maximum atomic E-state index is 12.3. The predicted molar refractivity (Wildman–Crippen MR) is 91.2 cm³/mol. The van der Waals surface area contributed by atoms with Gasteiger partial charge >= 0.3 is 0 Å². The van der Waals surface area contributed by atoms with Gasteiger partial charge in [0.2, 0.25) is 10.0 Å². The number of carbonyl (C=O) groups excluding carboxylic acids is 1. The molecule has 1 N–H and O–H groups in total. The molecule has 0 aromatic heterocycles. The van der Waals surface area contributed by atoms with Crippen molar-refractivity contribution in [1.29, 1.82) is 0 Å². The van der Waals surface area contributed by atoms with Gasteiger partial charge < -0.3 is 0 Å². The third kappa shape index (κ3) is 2.74. The van der Waals surface area contributed by atoms with Gasteiger partial charge in [0.1, 0.15) is 0 Å². The maximum absolute atomic E-state index is 12.3. The Hall–Kier alpha value is -1.14. The van der Waals surface area contributed by atoms with Gasteiger partial charge in [-0.1, -0.05) is 18.6 Å². The quantitative estimate of drug-likeness (QED) is 0.864. The second-order valence-electron chi connectivity index (χ2n) is 5.82. The molecule has 2 atom stereocenters. The summed E-state index contributed by atoms with van der Waals surface area (Å²) in [7, 11) is -3.26. The number of hydrogen-bond donors (Lipinski definition) is 1. The molecule has 0 spiro atoms. The van der Waals surface area contributed by atoms with E-state index in [1.54, 1.807) is 19.1 Å². The monoisotopic (exact) mass is 383 g/mol. The zero-order valence-electron chi connectivity index (χ0n) is 12.3. The first-order valence-corrected chi connectivity index (χ1v) is 9.92. The Morgan fingerprint density at radius 3 is 2.45 bits per heavy atom. The van der Waals surface area contributed by atoms with Crippen molar-refractivity contribution in [2.45, 2.75) is 26.2 Å². The number of benzene rings is 1. The fourth-order valence-electron chi connectivity index (χ4n) is 3.39. The molecular formula is C16H18BrNO3S. The molecule has 1 aromatic rings. The lowest BCUT2D eigenvalue weighted by atomic mass is 9.90. The van der Waals surface area contributed by atoms with Crippen molar-refractivity contribution in [2.75, 3.05) is 10.5 Å². The molecule has 0 heterocycles. The van der Waals surface area contributed by atoms with Crippen molar-refractivity contribution in [1.82, 2.24) is 0 Å². The van der Waals surface area contributed by atoms with E-state index in [0.29, 0.717) is 16.1 Å². The normalized spacial score (nSPS) is 24.7. The first kappa shape index (κ1) is 15.7. The van der Waals surface area contributed by atoms with Gasteiger partial charge in [-0.05, 0) is 64.9 Å². The van der Waals surface area contributed by atoms with Crippen LogP contribution < -0.4 is 4.72 Å². The summed E-state index contributed by atoms with van der Waals surface area (Å²) in [6, 6.07) is 7.28. The van der Waals surface area contributed by atoms with Crippen molar-refractivity contribution in [3.8, 4) is 0 Å². The summed E-state index contributed by atoms with van der Waals surface area (Å²) in [5, 5.41) is 0. The van der Waals surface area contributed by atoms with Gasteiger partial charge in [-0.25, -0.2) is 8.42 Å². The molecule has 2 aliphatic carbocycles. The molecule has 22 heavy (non-hydrogen) atoms. The molecule has 1 aromatic carbocycles. The molecule has 3 rings (SSSR count). The van der Waals surface area contributed by atoms with E-state index in [0.717, 1.165) is 30.4 Å². The minimum Gasteiger partial charge on any atom is -0.293 e. The number of halogens is 1. The van der Waals surface area contributed by atoms with Crippen LogP contribution in [0.2, 0.25) is 0 Å². The molecule has 1 saturated carbocycles. The summed E-state index contributed by atoms with van der Waals surface area (Å²) in [6.45, 7) is 1.60. The molecule has 0 bridgehead atoms. The van der Waals surface area contributed by atoms with Crippen LogP contribution in [0.25, 0.3) is 5.57 Å². The minimum atomic E-state index is -3.26. The van der Waals surface area contributed by atoms with Crippen LogP contribution in [0.4, 0.5) is 5.69 Å². The fraction of sp³-hybridized carbons (Fsp3) is 0.438. The summed E-state index contributed by atoms with van der Waals surface area (Å²) in [4.78, 5) is 12.3. The average Bonchev–Trinajstić information content (AvgIpc) is 3.04. The lowest BCUT2D eigenvalue weighted by Crippen LogP contribution is -2.14. The highest BCUT2D eigenvalue weighted by atomic mass is 79.9. The van der Waals surface area contributed by atoms with Gasteiger partial charge in [-0.15, -0.1) is 0 Å². The highest BCUT2D eigenvalue weighted by molar-refractivity contribution is 9.12. The van der Waals surface area contributed by atoms with Crippen LogP contribution in [0.1, 0.15) is 31.7 Å². The van der Waals surface area contributed by atoms with E-state index < -0.39 is 10.0 Å². The van der Waals surface area contributed by atoms with E-state index >= 15 is 0 Å². The molecule has 2 aliphatic rings. The van der Waals surface area contributed by atoms with E-state index in [9.17, 15) is 13.2 Å². The molecular weight excluding hydrogens is 366 g/mol. The summed E-state index contributed by atoms with van der Waals surface area (Å²) in [6.07, 6.45) is 3.11. The van der Waals surface area contributed by atoms with Crippen molar-refractivity contribution >= 4 is 43.0 Å². The van der Waals surface area contributed by atoms with Crippen molar-refractivity contribution in [3.63, 3.8) is 0 Å². The van der Waals surface area contributed by atoms with E-state index in [4.69, 9.17) is 0 Å². The second-order valence-corrected chi connectivity index (χ2v) is 8.62. The van der Waals surface area contributed by atoms with Crippen molar-refractivity contribution in [3.05, 3.63) is 34.3 Å². The standard InChI is InChI=1S/C16H18BrNO3S/c1-2-22(20,21)18-11-8-6-10(7-9-11)14-12-4-3-5-13(12)16(19)15(14)17/h6-9,12-13,18H,2-5H2,1H3. The predicted octanol–water partition coefficient (Wildman–Crippen LogP) is 3.55. The topological polar surface area (TPSA) is 63.2 Å².